The summed E-state index contributed by atoms with van der Waals surface area (Å²) in [5.41, 5.74) is 5.35. The third kappa shape index (κ3) is 5.20. The molecule has 1 aliphatic rings. The second-order valence-electron chi connectivity index (χ2n) is 4.59. The van der Waals surface area contributed by atoms with Gasteiger partial charge in [0.05, 0.1) is 12.5 Å². The van der Waals surface area contributed by atoms with Gasteiger partial charge in [-0.2, -0.15) is 0 Å². The van der Waals surface area contributed by atoms with E-state index in [1.807, 2.05) is 0 Å². The van der Waals surface area contributed by atoms with Gasteiger partial charge < -0.3 is 21.3 Å². The Morgan fingerprint density at radius 3 is 2.28 bits per heavy atom. The Morgan fingerprint density at radius 1 is 1.28 bits per heavy atom. The molecule has 1 saturated carbocycles. The summed E-state index contributed by atoms with van der Waals surface area (Å²) < 4.78 is 0. The van der Waals surface area contributed by atoms with Crippen LogP contribution in [0.4, 0.5) is 0 Å². The molecule has 18 heavy (non-hydrogen) atoms. The smallest absolute Gasteiger partial charge is 0.306 e. The SMILES string of the molecule is Cl.N[C@@H](CO)C(=O)NC[C@H]1CC[C@H](C(=O)O)CC1. The molecule has 0 bridgehead atoms. The summed E-state index contributed by atoms with van der Waals surface area (Å²) in [5.74, 6) is -0.996. The maximum atomic E-state index is 11.3. The number of aliphatic hydroxyl groups is 1. The fourth-order valence-corrected chi connectivity index (χ4v) is 2.07. The Kier molecular flexibility index (Phi) is 7.90. The number of carbonyl (C=O) groups is 2. The molecule has 0 aromatic rings. The van der Waals surface area contributed by atoms with Crippen LogP contribution in [-0.2, 0) is 9.59 Å². The lowest BCUT2D eigenvalue weighted by molar-refractivity contribution is -0.143. The van der Waals surface area contributed by atoms with Crippen LogP contribution in [0.25, 0.3) is 0 Å². The lowest BCUT2D eigenvalue weighted by atomic mass is 9.82. The maximum Gasteiger partial charge on any atom is 0.306 e. The molecule has 0 heterocycles. The highest BCUT2D eigenvalue weighted by atomic mass is 35.5. The van der Waals surface area contributed by atoms with Gasteiger partial charge in [0.2, 0.25) is 5.91 Å². The number of hydrogen-bond acceptors (Lipinski definition) is 4. The summed E-state index contributed by atoms with van der Waals surface area (Å²) >= 11 is 0. The zero-order chi connectivity index (χ0) is 12.8. The predicted octanol–water partition coefficient (Wildman–Crippen LogP) is -0.265. The van der Waals surface area contributed by atoms with Crippen molar-refractivity contribution in [3.8, 4) is 0 Å². The molecule has 0 radical (unpaired) electrons. The Hall–Kier alpha value is -0.850. The number of carbonyl (C=O) groups excluding carboxylic acids is 1. The molecule has 1 aliphatic carbocycles. The molecule has 0 aliphatic heterocycles. The second-order valence-corrected chi connectivity index (χ2v) is 4.59. The van der Waals surface area contributed by atoms with Crippen LogP contribution >= 0.6 is 12.4 Å². The van der Waals surface area contributed by atoms with Crippen LogP contribution in [0.3, 0.4) is 0 Å². The van der Waals surface area contributed by atoms with E-state index in [9.17, 15) is 9.59 Å². The molecular formula is C11H21ClN2O4. The molecule has 1 rings (SSSR count). The van der Waals surface area contributed by atoms with Gasteiger partial charge in [-0.1, -0.05) is 0 Å². The molecule has 0 aromatic heterocycles. The van der Waals surface area contributed by atoms with Crippen LogP contribution in [0.2, 0.25) is 0 Å². The Morgan fingerprint density at radius 2 is 1.83 bits per heavy atom. The number of aliphatic carboxylic acids is 1. The molecule has 7 heteroatoms. The first-order valence-corrected chi connectivity index (χ1v) is 5.91. The maximum absolute atomic E-state index is 11.3. The van der Waals surface area contributed by atoms with E-state index in [-0.39, 0.29) is 30.8 Å². The summed E-state index contributed by atoms with van der Waals surface area (Å²) in [4.78, 5) is 22.0. The van der Waals surface area contributed by atoms with E-state index in [0.29, 0.717) is 25.3 Å². The van der Waals surface area contributed by atoms with Crippen molar-refractivity contribution in [2.75, 3.05) is 13.2 Å². The largest absolute Gasteiger partial charge is 0.481 e. The van der Waals surface area contributed by atoms with Crippen LogP contribution in [-0.4, -0.2) is 41.3 Å². The molecule has 106 valence electrons. The van der Waals surface area contributed by atoms with Crippen molar-refractivity contribution in [1.29, 1.82) is 0 Å². The number of carboxylic acids is 1. The van der Waals surface area contributed by atoms with Gasteiger partial charge >= 0.3 is 5.97 Å². The third-order valence-electron chi connectivity index (χ3n) is 3.29. The monoisotopic (exact) mass is 280 g/mol. The molecule has 0 spiro atoms. The number of carboxylic acid groups (broad SMARTS) is 1. The van der Waals surface area contributed by atoms with Gasteiger partial charge in [0.25, 0.3) is 0 Å². The molecule has 5 N–H and O–H groups in total. The molecule has 1 atom stereocenters. The van der Waals surface area contributed by atoms with E-state index < -0.39 is 12.0 Å². The standard InChI is InChI=1S/C11H20N2O4.ClH/c12-9(6-14)10(15)13-5-7-1-3-8(4-2-7)11(16)17;/h7-9,14H,1-6,12H2,(H,13,15)(H,16,17);1H/t7-,8-,9-;/m0./s1. The molecule has 0 unspecified atom stereocenters. The van der Waals surface area contributed by atoms with Crippen molar-refractivity contribution >= 4 is 24.3 Å². The van der Waals surface area contributed by atoms with Crippen molar-refractivity contribution in [2.45, 2.75) is 31.7 Å². The molecule has 1 amide bonds. The van der Waals surface area contributed by atoms with Crippen molar-refractivity contribution in [1.82, 2.24) is 5.32 Å². The van der Waals surface area contributed by atoms with E-state index in [4.69, 9.17) is 15.9 Å². The molecular weight excluding hydrogens is 260 g/mol. The molecule has 1 fully saturated rings. The third-order valence-corrected chi connectivity index (χ3v) is 3.29. The van der Waals surface area contributed by atoms with Crippen LogP contribution in [0.15, 0.2) is 0 Å². The average Bonchev–Trinajstić information content (AvgIpc) is 2.35. The zero-order valence-electron chi connectivity index (χ0n) is 10.2. The fraction of sp³-hybridized carbons (Fsp3) is 0.818. The topological polar surface area (TPSA) is 113 Å². The Labute approximate surface area is 112 Å². The first kappa shape index (κ1) is 17.2. The van der Waals surface area contributed by atoms with E-state index in [0.717, 1.165) is 12.8 Å². The van der Waals surface area contributed by atoms with Crippen molar-refractivity contribution in [2.24, 2.45) is 17.6 Å². The first-order valence-electron chi connectivity index (χ1n) is 5.91. The van der Waals surface area contributed by atoms with Crippen molar-refractivity contribution in [3.63, 3.8) is 0 Å². The number of hydrogen-bond donors (Lipinski definition) is 4. The number of amides is 1. The average molecular weight is 281 g/mol. The van der Waals surface area contributed by atoms with Crippen molar-refractivity contribution in [3.05, 3.63) is 0 Å². The minimum Gasteiger partial charge on any atom is -0.481 e. The second kappa shape index (κ2) is 8.29. The summed E-state index contributed by atoms with van der Waals surface area (Å²) in [6, 6.07) is -0.870. The lowest BCUT2D eigenvalue weighted by Gasteiger charge is -2.26. The minimum absolute atomic E-state index is 0. The fourth-order valence-electron chi connectivity index (χ4n) is 2.07. The summed E-state index contributed by atoms with van der Waals surface area (Å²) in [5, 5.41) is 20.2. The van der Waals surface area contributed by atoms with Crippen LogP contribution < -0.4 is 11.1 Å². The highest BCUT2D eigenvalue weighted by Gasteiger charge is 2.26. The first-order chi connectivity index (χ1) is 8.04. The van der Waals surface area contributed by atoms with Gasteiger partial charge in [0, 0.05) is 6.54 Å². The Bertz CT molecular complexity index is 280. The van der Waals surface area contributed by atoms with Crippen LogP contribution in [0.1, 0.15) is 25.7 Å². The number of rotatable bonds is 5. The number of halogens is 1. The van der Waals surface area contributed by atoms with Gasteiger partial charge in [-0.3, -0.25) is 9.59 Å². The summed E-state index contributed by atoms with van der Waals surface area (Å²) in [7, 11) is 0. The number of nitrogens with one attached hydrogen (secondary N) is 1. The summed E-state index contributed by atoms with van der Waals surface area (Å²) in [6.07, 6.45) is 2.96. The molecule has 6 nitrogen and oxygen atoms in total. The van der Waals surface area contributed by atoms with Crippen molar-refractivity contribution < 1.29 is 19.8 Å². The van der Waals surface area contributed by atoms with E-state index in [1.54, 1.807) is 0 Å². The van der Waals surface area contributed by atoms with E-state index >= 15 is 0 Å². The minimum atomic E-state index is -0.870. The molecule has 0 saturated heterocycles. The van der Waals surface area contributed by atoms with E-state index in [2.05, 4.69) is 5.32 Å². The zero-order valence-corrected chi connectivity index (χ0v) is 11.0. The van der Waals surface area contributed by atoms with Gasteiger partial charge in [0.1, 0.15) is 6.04 Å². The summed E-state index contributed by atoms with van der Waals surface area (Å²) in [6.45, 7) is 0.149. The normalized spacial score (nSPS) is 24.8. The van der Waals surface area contributed by atoms with Crippen LogP contribution in [0.5, 0.6) is 0 Å². The lowest BCUT2D eigenvalue weighted by Crippen LogP contribution is -2.44. The number of nitrogens with two attached hydrogens (primary N) is 1. The van der Waals surface area contributed by atoms with Crippen LogP contribution in [0, 0.1) is 11.8 Å². The van der Waals surface area contributed by atoms with Gasteiger partial charge in [-0.15, -0.1) is 12.4 Å². The highest BCUT2D eigenvalue weighted by molar-refractivity contribution is 5.85. The Balaban J connectivity index is 0.00000289. The van der Waals surface area contributed by atoms with Gasteiger partial charge in [-0.05, 0) is 31.6 Å². The van der Waals surface area contributed by atoms with E-state index in [1.165, 1.54) is 0 Å². The van der Waals surface area contributed by atoms with Gasteiger partial charge in [-0.25, -0.2) is 0 Å². The predicted molar refractivity (Wildman–Crippen MR) is 68.4 cm³/mol. The highest BCUT2D eigenvalue weighted by Crippen LogP contribution is 2.28. The molecule has 0 aromatic carbocycles. The number of aliphatic hydroxyl groups excluding tert-OH is 1. The quantitative estimate of drug-likeness (QED) is 0.554. The van der Waals surface area contributed by atoms with Gasteiger partial charge in [0.15, 0.2) is 0 Å².